The van der Waals surface area contributed by atoms with Gasteiger partial charge in [-0.15, -0.1) is 0 Å². The average molecular weight is 231 g/mol. The zero-order valence-electron chi connectivity index (χ0n) is 10.2. The van der Waals surface area contributed by atoms with Crippen LogP contribution in [0.25, 0.3) is 0 Å². The van der Waals surface area contributed by atoms with Crippen LogP contribution in [0.1, 0.15) is 37.7 Å². The van der Waals surface area contributed by atoms with E-state index in [1.54, 1.807) is 0 Å². The fourth-order valence-electron chi connectivity index (χ4n) is 2.41. The van der Waals surface area contributed by atoms with E-state index >= 15 is 0 Å². The predicted molar refractivity (Wildman–Crippen MR) is 70.2 cm³/mol. The van der Waals surface area contributed by atoms with Crippen molar-refractivity contribution in [1.82, 2.24) is 10.4 Å². The maximum Gasteiger partial charge on any atom is 0.0460 e. The number of hydrogen-bond donors (Lipinski definition) is 2. The minimum Gasteiger partial charge on any atom is -0.271 e. The van der Waals surface area contributed by atoms with Crippen LogP contribution in [0.5, 0.6) is 0 Å². The molecule has 1 aromatic heterocycles. The summed E-state index contributed by atoms with van der Waals surface area (Å²) < 4.78 is 0. The fraction of sp³-hybridized carbons (Fsp3) is 0.500. The molecule has 0 saturated heterocycles. The molecular formula is C14H21N3. The van der Waals surface area contributed by atoms with Crippen molar-refractivity contribution >= 4 is 0 Å². The van der Waals surface area contributed by atoms with Gasteiger partial charge in [-0.3, -0.25) is 16.3 Å². The van der Waals surface area contributed by atoms with Crippen LogP contribution in [-0.2, 0) is 6.42 Å². The Bertz CT molecular complexity index is 359. The van der Waals surface area contributed by atoms with Gasteiger partial charge < -0.3 is 0 Å². The second-order valence-corrected chi connectivity index (χ2v) is 4.66. The van der Waals surface area contributed by atoms with Gasteiger partial charge >= 0.3 is 0 Å². The van der Waals surface area contributed by atoms with E-state index in [2.05, 4.69) is 28.6 Å². The summed E-state index contributed by atoms with van der Waals surface area (Å²) in [6.07, 6.45) is 13.3. The van der Waals surface area contributed by atoms with Crippen LogP contribution in [0, 0.1) is 0 Å². The number of hydrazine groups is 1. The van der Waals surface area contributed by atoms with Crippen molar-refractivity contribution in [2.24, 2.45) is 5.84 Å². The molecule has 0 saturated carbocycles. The van der Waals surface area contributed by atoms with E-state index in [1.807, 2.05) is 12.4 Å². The highest BCUT2D eigenvalue weighted by Gasteiger charge is 2.14. The zero-order chi connectivity index (χ0) is 11.9. The molecule has 3 heteroatoms. The van der Waals surface area contributed by atoms with Crippen LogP contribution in [0.15, 0.2) is 36.2 Å². The van der Waals surface area contributed by atoms with Crippen LogP contribution in [0.3, 0.4) is 0 Å². The largest absolute Gasteiger partial charge is 0.271 e. The molecule has 0 aliphatic heterocycles. The van der Waals surface area contributed by atoms with Crippen LogP contribution in [0.4, 0.5) is 0 Å². The van der Waals surface area contributed by atoms with Crippen molar-refractivity contribution < 1.29 is 0 Å². The summed E-state index contributed by atoms with van der Waals surface area (Å²) in [5.41, 5.74) is 5.72. The molecule has 0 amide bonds. The second kappa shape index (κ2) is 6.52. The number of hydrogen-bond acceptors (Lipinski definition) is 3. The van der Waals surface area contributed by atoms with E-state index < -0.39 is 0 Å². The van der Waals surface area contributed by atoms with E-state index in [0.29, 0.717) is 0 Å². The molecule has 0 aromatic carbocycles. The SMILES string of the molecule is NNC(Cc1ccncc1)C1=CCCCCC1. The molecule has 1 aliphatic carbocycles. The van der Waals surface area contributed by atoms with Gasteiger partial charge in [0.05, 0.1) is 0 Å². The lowest BCUT2D eigenvalue weighted by molar-refractivity contribution is 0.564. The normalized spacial score (nSPS) is 18.3. The standard InChI is InChI=1S/C14H21N3/c15-17-14(11-12-7-9-16-10-8-12)13-5-3-1-2-4-6-13/h5,7-10,14,17H,1-4,6,11,15H2. The molecule has 1 atom stereocenters. The summed E-state index contributed by atoms with van der Waals surface area (Å²) in [5, 5.41) is 0. The lowest BCUT2D eigenvalue weighted by Gasteiger charge is -2.19. The van der Waals surface area contributed by atoms with Crippen LogP contribution in [0.2, 0.25) is 0 Å². The number of nitrogens with zero attached hydrogens (tertiary/aromatic N) is 1. The highest BCUT2D eigenvalue weighted by Crippen LogP contribution is 2.21. The summed E-state index contributed by atoms with van der Waals surface area (Å²) in [6, 6.07) is 4.39. The molecular weight excluding hydrogens is 210 g/mol. The molecule has 3 N–H and O–H groups in total. The molecule has 0 fully saturated rings. The third kappa shape index (κ3) is 3.65. The molecule has 1 unspecified atom stereocenters. The average Bonchev–Trinajstić information content (AvgIpc) is 2.66. The minimum absolute atomic E-state index is 0.274. The molecule has 1 heterocycles. The lowest BCUT2D eigenvalue weighted by Crippen LogP contribution is -2.38. The van der Waals surface area contributed by atoms with Crippen LogP contribution < -0.4 is 11.3 Å². The molecule has 0 bridgehead atoms. The molecule has 0 radical (unpaired) electrons. The van der Waals surface area contributed by atoms with E-state index in [0.717, 1.165) is 6.42 Å². The Labute approximate surface area is 103 Å². The summed E-state index contributed by atoms with van der Waals surface area (Å²) in [6.45, 7) is 0. The maximum absolute atomic E-state index is 5.70. The third-order valence-corrected chi connectivity index (χ3v) is 3.41. The molecule has 92 valence electrons. The first kappa shape index (κ1) is 12.3. The van der Waals surface area contributed by atoms with E-state index in [4.69, 9.17) is 5.84 Å². The van der Waals surface area contributed by atoms with Crippen molar-refractivity contribution in [3.8, 4) is 0 Å². The Kier molecular flexibility index (Phi) is 4.71. The number of allylic oxidation sites excluding steroid dienone is 1. The first-order valence-corrected chi connectivity index (χ1v) is 6.44. The monoisotopic (exact) mass is 231 g/mol. The zero-order valence-corrected chi connectivity index (χ0v) is 10.2. The molecule has 1 aliphatic rings. The van der Waals surface area contributed by atoms with Crippen molar-refractivity contribution in [3.05, 3.63) is 41.7 Å². The summed E-state index contributed by atoms with van der Waals surface area (Å²) >= 11 is 0. The second-order valence-electron chi connectivity index (χ2n) is 4.66. The molecule has 17 heavy (non-hydrogen) atoms. The number of aromatic nitrogens is 1. The van der Waals surface area contributed by atoms with Gasteiger partial charge in [-0.2, -0.15) is 0 Å². The summed E-state index contributed by atoms with van der Waals surface area (Å²) in [5.74, 6) is 5.70. The topological polar surface area (TPSA) is 50.9 Å². The smallest absolute Gasteiger partial charge is 0.0460 e. The fourth-order valence-corrected chi connectivity index (χ4v) is 2.41. The number of nitrogens with two attached hydrogens (primary N) is 1. The van der Waals surface area contributed by atoms with Gasteiger partial charge in [-0.05, 0) is 49.8 Å². The van der Waals surface area contributed by atoms with E-state index in [9.17, 15) is 0 Å². The van der Waals surface area contributed by atoms with Gasteiger partial charge in [0, 0.05) is 18.4 Å². The molecule has 0 spiro atoms. The lowest BCUT2D eigenvalue weighted by atomic mass is 9.96. The van der Waals surface area contributed by atoms with Gasteiger partial charge in [-0.1, -0.05) is 18.1 Å². The van der Waals surface area contributed by atoms with Crippen LogP contribution >= 0.6 is 0 Å². The van der Waals surface area contributed by atoms with Crippen molar-refractivity contribution in [2.45, 2.75) is 44.6 Å². The van der Waals surface area contributed by atoms with Gasteiger partial charge in [0.2, 0.25) is 0 Å². The Morgan fingerprint density at radius 2 is 2.06 bits per heavy atom. The molecule has 2 rings (SSSR count). The number of nitrogens with one attached hydrogen (secondary N) is 1. The highest BCUT2D eigenvalue weighted by atomic mass is 15.2. The van der Waals surface area contributed by atoms with Crippen molar-refractivity contribution in [3.63, 3.8) is 0 Å². The Morgan fingerprint density at radius 1 is 1.24 bits per heavy atom. The Hall–Kier alpha value is -1.19. The van der Waals surface area contributed by atoms with Crippen molar-refractivity contribution in [2.75, 3.05) is 0 Å². The Balaban J connectivity index is 2.03. The Morgan fingerprint density at radius 3 is 2.82 bits per heavy atom. The first-order chi connectivity index (χ1) is 8.40. The predicted octanol–water partition coefficient (Wildman–Crippen LogP) is 2.35. The number of pyridine rings is 1. The summed E-state index contributed by atoms with van der Waals surface area (Å²) in [4.78, 5) is 4.04. The van der Waals surface area contributed by atoms with Gasteiger partial charge in [0.15, 0.2) is 0 Å². The quantitative estimate of drug-likeness (QED) is 0.475. The van der Waals surface area contributed by atoms with Crippen LogP contribution in [-0.4, -0.2) is 11.0 Å². The molecule has 3 nitrogen and oxygen atoms in total. The highest BCUT2D eigenvalue weighted by molar-refractivity contribution is 5.19. The van der Waals surface area contributed by atoms with E-state index in [-0.39, 0.29) is 6.04 Å². The summed E-state index contributed by atoms with van der Waals surface area (Å²) in [7, 11) is 0. The van der Waals surface area contributed by atoms with Gasteiger partial charge in [0.25, 0.3) is 0 Å². The maximum atomic E-state index is 5.70. The van der Waals surface area contributed by atoms with Crippen molar-refractivity contribution in [1.29, 1.82) is 0 Å². The number of rotatable bonds is 4. The third-order valence-electron chi connectivity index (χ3n) is 3.41. The van der Waals surface area contributed by atoms with Gasteiger partial charge in [0.1, 0.15) is 0 Å². The molecule has 1 aromatic rings. The first-order valence-electron chi connectivity index (χ1n) is 6.44. The van der Waals surface area contributed by atoms with Gasteiger partial charge in [-0.25, -0.2) is 0 Å². The minimum atomic E-state index is 0.274. The van der Waals surface area contributed by atoms with E-state index in [1.165, 1.54) is 43.2 Å².